The van der Waals surface area contributed by atoms with Gasteiger partial charge in [0.1, 0.15) is 0 Å². The zero-order valence-electron chi connectivity index (χ0n) is 11.6. The summed E-state index contributed by atoms with van der Waals surface area (Å²) >= 11 is 0. The molecule has 1 fully saturated rings. The third-order valence-electron chi connectivity index (χ3n) is 3.49. The molecule has 0 aromatic rings. The summed E-state index contributed by atoms with van der Waals surface area (Å²) in [6.07, 6.45) is 11.9. The molecule has 1 aliphatic carbocycles. The van der Waals surface area contributed by atoms with Crippen molar-refractivity contribution in [2.75, 3.05) is 13.6 Å². The van der Waals surface area contributed by atoms with E-state index < -0.39 is 0 Å². The van der Waals surface area contributed by atoms with Crippen molar-refractivity contribution in [1.29, 1.82) is 0 Å². The first kappa shape index (κ1) is 14.3. The minimum absolute atomic E-state index is 0.674. The molecule has 0 heterocycles. The van der Waals surface area contributed by atoms with E-state index in [1.54, 1.807) is 0 Å². The Morgan fingerprint density at radius 3 is 2.29 bits per heavy atom. The van der Waals surface area contributed by atoms with Gasteiger partial charge in [-0.25, -0.2) is 0 Å². The van der Waals surface area contributed by atoms with Gasteiger partial charge < -0.3 is 10.6 Å². The Kier molecular flexibility index (Phi) is 7.06. The quantitative estimate of drug-likeness (QED) is 0.381. The molecule has 0 saturated heterocycles. The van der Waals surface area contributed by atoms with Gasteiger partial charge in [-0.1, -0.05) is 45.4 Å². The van der Waals surface area contributed by atoms with Gasteiger partial charge in [0.2, 0.25) is 0 Å². The zero-order chi connectivity index (χ0) is 12.5. The third kappa shape index (κ3) is 6.54. The van der Waals surface area contributed by atoms with Gasteiger partial charge in [-0.15, -0.1) is 0 Å². The minimum Gasteiger partial charge on any atom is -0.370 e. The van der Waals surface area contributed by atoms with E-state index in [0.717, 1.165) is 12.5 Å². The summed E-state index contributed by atoms with van der Waals surface area (Å²) in [5.74, 6) is 0.735. The Hall–Kier alpha value is -0.730. The van der Waals surface area contributed by atoms with Crippen molar-refractivity contribution in [2.45, 2.75) is 70.8 Å². The van der Waals surface area contributed by atoms with Crippen LogP contribution in [0.3, 0.4) is 0 Å². The fourth-order valence-electron chi connectivity index (χ4n) is 2.02. The van der Waals surface area contributed by atoms with Gasteiger partial charge in [0.15, 0.2) is 5.96 Å². The lowest BCUT2D eigenvalue weighted by Gasteiger charge is -2.16. The standard InChI is InChI=1S/C14H29N3/c1-3-4-5-6-7-8-9-12-16-14(15)17(2)13-10-11-13/h13H,3-12H2,1-2H3,(H2,15,16). The molecule has 3 nitrogen and oxygen atoms in total. The van der Waals surface area contributed by atoms with Gasteiger partial charge in [-0.3, -0.25) is 4.99 Å². The summed E-state index contributed by atoms with van der Waals surface area (Å²) in [5.41, 5.74) is 5.91. The Balaban J connectivity index is 1.93. The Bertz CT molecular complexity index is 222. The summed E-state index contributed by atoms with van der Waals surface area (Å²) in [6.45, 7) is 3.16. The number of unbranched alkanes of at least 4 members (excludes halogenated alkanes) is 6. The molecule has 0 amide bonds. The predicted octanol–water partition coefficient (Wildman–Crippen LogP) is 3.15. The van der Waals surface area contributed by atoms with Crippen molar-refractivity contribution >= 4 is 5.96 Å². The largest absolute Gasteiger partial charge is 0.370 e. The second kappa shape index (κ2) is 8.37. The maximum absolute atomic E-state index is 5.91. The number of rotatable bonds is 9. The summed E-state index contributed by atoms with van der Waals surface area (Å²) in [7, 11) is 2.06. The molecule has 2 N–H and O–H groups in total. The number of guanidine groups is 1. The van der Waals surface area contributed by atoms with Gasteiger partial charge in [0.05, 0.1) is 0 Å². The van der Waals surface area contributed by atoms with Crippen LogP contribution >= 0.6 is 0 Å². The van der Waals surface area contributed by atoms with Crippen molar-refractivity contribution in [1.82, 2.24) is 4.90 Å². The Morgan fingerprint density at radius 1 is 1.12 bits per heavy atom. The highest BCUT2D eigenvalue weighted by Gasteiger charge is 2.27. The normalized spacial score (nSPS) is 16.2. The van der Waals surface area contributed by atoms with Crippen LogP contribution in [-0.4, -0.2) is 30.5 Å². The number of hydrogen-bond donors (Lipinski definition) is 1. The molecule has 0 bridgehead atoms. The summed E-state index contributed by atoms with van der Waals surface area (Å²) in [6, 6.07) is 0.674. The van der Waals surface area contributed by atoms with Crippen molar-refractivity contribution in [3.63, 3.8) is 0 Å². The van der Waals surface area contributed by atoms with Crippen LogP contribution in [0, 0.1) is 0 Å². The van der Waals surface area contributed by atoms with Crippen molar-refractivity contribution in [2.24, 2.45) is 10.7 Å². The molecule has 0 aromatic carbocycles. The van der Waals surface area contributed by atoms with Crippen LogP contribution in [0.5, 0.6) is 0 Å². The molecule has 0 atom stereocenters. The average molecular weight is 239 g/mol. The van der Waals surface area contributed by atoms with E-state index in [2.05, 4.69) is 23.9 Å². The smallest absolute Gasteiger partial charge is 0.191 e. The number of hydrogen-bond acceptors (Lipinski definition) is 1. The van der Waals surface area contributed by atoms with Crippen molar-refractivity contribution in [3.8, 4) is 0 Å². The molecule has 0 radical (unpaired) electrons. The van der Waals surface area contributed by atoms with Crippen LogP contribution in [-0.2, 0) is 0 Å². The zero-order valence-corrected chi connectivity index (χ0v) is 11.6. The number of nitrogens with zero attached hydrogens (tertiary/aromatic N) is 2. The molecular weight excluding hydrogens is 210 g/mol. The number of nitrogens with two attached hydrogens (primary N) is 1. The molecule has 17 heavy (non-hydrogen) atoms. The van der Waals surface area contributed by atoms with E-state index in [1.807, 2.05) is 0 Å². The topological polar surface area (TPSA) is 41.6 Å². The lowest BCUT2D eigenvalue weighted by atomic mass is 10.1. The lowest BCUT2D eigenvalue weighted by Crippen LogP contribution is -2.35. The maximum Gasteiger partial charge on any atom is 0.191 e. The average Bonchev–Trinajstić information content (AvgIpc) is 3.15. The maximum atomic E-state index is 5.91. The molecule has 0 unspecified atom stereocenters. The van der Waals surface area contributed by atoms with E-state index in [9.17, 15) is 0 Å². The lowest BCUT2D eigenvalue weighted by molar-refractivity contribution is 0.486. The summed E-state index contributed by atoms with van der Waals surface area (Å²) < 4.78 is 0. The SMILES string of the molecule is CCCCCCCCCN=C(N)N(C)C1CC1. The minimum atomic E-state index is 0.674. The first-order chi connectivity index (χ1) is 8.25. The number of aliphatic imine (C=N–C) groups is 1. The van der Waals surface area contributed by atoms with Gasteiger partial charge in [0.25, 0.3) is 0 Å². The monoisotopic (exact) mass is 239 g/mol. The van der Waals surface area contributed by atoms with E-state index >= 15 is 0 Å². The van der Waals surface area contributed by atoms with Crippen LogP contribution < -0.4 is 5.73 Å². The van der Waals surface area contributed by atoms with Crippen molar-refractivity contribution < 1.29 is 0 Å². The van der Waals surface area contributed by atoms with E-state index in [-0.39, 0.29) is 0 Å². The Morgan fingerprint density at radius 2 is 1.71 bits per heavy atom. The third-order valence-corrected chi connectivity index (χ3v) is 3.49. The molecule has 3 heteroatoms. The molecule has 100 valence electrons. The van der Waals surface area contributed by atoms with Crippen LogP contribution in [0.15, 0.2) is 4.99 Å². The molecule has 1 saturated carbocycles. The Labute approximate surface area is 106 Å². The molecule has 0 aliphatic heterocycles. The first-order valence-electron chi connectivity index (χ1n) is 7.28. The fraction of sp³-hybridized carbons (Fsp3) is 0.929. The van der Waals surface area contributed by atoms with Crippen molar-refractivity contribution in [3.05, 3.63) is 0 Å². The second-order valence-electron chi connectivity index (χ2n) is 5.20. The highest BCUT2D eigenvalue weighted by molar-refractivity contribution is 5.78. The van der Waals surface area contributed by atoms with Crippen LogP contribution in [0.25, 0.3) is 0 Å². The van der Waals surface area contributed by atoms with Gasteiger partial charge in [-0.05, 0) is 19.3 Å². The van der Waals surface area contributed by atoms with E-state index in [4.69, 9.17) is 5.73 Å². The first-order valence-corrected chi connectivity index (χ1v) is 7.28. The van der Waals surface area contributed by atoms with E-state index in [1.165, 1.54) is 57.8 Å². The van der Waals surface area contributed by atoms with E-state index in [0.29, 0.717) is 6.04 Å². The molecular formula is C14H29N3. The highest BCUT2D eigenvalue weighted by atomic mass is 15.3. The summed E-state index contributed by atoms with van der Waals surface area (Å²) in [5, 5.41) is 0. The molecule has 0 spiro atoms. The van der Waals surface area contributed by atoms with Crippen LogP contribution in [0.1, 0.15) is 64.7 Å². The molecule has 0 aromatic heterocycles. The van der Waals surface area contributed by atoms with Gasteiger partial charge in [0, 0.05) is 19.6 Å². The van der Waals surface area contributed by atoms with Gasteiger partial charge >= 0.3 is 0 Å². The fourth-order valence-corrected chi connectivity index (χ4v) is 2.02. The second-order valence-corrected chi connectivity index (χ2v) is 5.20. The van der Waals surface area contributed by atoms with Gasteiger partial charge in [-0.2, -0.15) is 0 Å². The predicted molar refractivity (Wildman–Crippen MR) is 75.3 cm³/mol. The van der Waals surface area contributed by atoms with Crippen LogP contribution in [0.2, 0.25) is 0 Å². The summed E-state index contributed by atoms with van der Waals surface area (Å²) in [4.78, 5) is 6.57. The van der Waals surface area contributed by atoms with Crippen LogP contribution in [0.4, 0.5) is 0 Å². The molecule has 1 aliphatic rings. The molecule has 1 rings (SSSR count). The highest BCUT2D eigenvalue weighted by Crippen LogP contribution is 2.24.